The molecule has 0 amide bonds. The lowest BCUT2D eigenvalue weighted by molar-refractivity contribution is 0.0913. The zero-order valence-corrected chi connectivity index (χ0v) is 12.9. The van der Waals surface area contributed by atoms with E-state index in [1.165, 1.54) is 12.8 Å². The van der Waals surface area contributed by atoms with Crippen molar-refractivity contribution in [3.63, 3.8) is 0 Å². The number of likely N-dealkylation sites (N-methyl/N-ethyl adjacent to an activating group) is 1. The molecule has 0 aliphatic heterocycles. The molecule has 1 aromatic rings. The van der Waals surface area contributed by atoms with Crippen molar-refractivity contribution in [2.45, 2.75) is 51.9 Å². The summed E-state index contributed by atoms with van der Waals surface area (Å²) >= 11 is 0. The Kier molecular flexibility index (Phi) is 5.86. The molecular weight excluding hydrogens is 250 g/mol. The predicted molar refractivity (Wildman–Crippen MR) is 82.1 cm³/mol. The van der Waals surface area contributed by atoms with Crippen LogP contribution in [0.15, 0.2) is 24.3 Å². The fraction of sp³-hybridized carbons (Fsp3) is 0.647. The molecule has 0 heterocycles. The molecule has 3 heteroatoms. The third kappa shape index (κ3) is 4.22. The van der Waals surface area contributed by atoms with Gasteiger partial charge in [-0.3, -0.25) is 0 Å². The molecule has 0 saturated heterocycles. The molecule has 1 aliphatic carbocycles. The Bertz CT molecular complexity index is 408. The average Bonchev–Trinajstić information content (AvgIpc) is 2.43. The van der Waals surface area contributed by atoms with E-state index < -0.39 is 0 Å². The molecule has 3 unspecified atom stereocenters. The van der Waals surface area contributed by atoms with Crippen molar-refractivity contribution in [1.82, 2.24) is 5.32 Å². The molecule has 2 rings (SSSR count). The van der Waals surface area contributed by atoms with E-state index in [1.54, 1.807) is 7.11 Å². The predicted octanol–water partition coefficient (Wildman–Crippen LogP) is 3.38. The number of nitrogens with one attached hydrogen (secondary N) is 1. The van der Waals surface area contributed by atoms with Crippen molar-refractivity contribution >= 4 is 0 Å². The van der Waals surface area contributed by atoms with E-state index in [4.69, 9.17) is 9.47 Å². The van der Waals surface area contributed by atoms with Gasteiger partial charge in [0.25, 0.3) is 0 Å². The van der Waals surface area contributed by atoms with Gasteiger partial charge in [-0.2, -0.15) is 0 Å². The quantitative estimate of drug-likeness (QED) is 0.864. The molecule has 1 aromatic carbocycles. The number of rotatable bonds is 6. The summed E-state index contributed by atoms with van der Waals surface area (Å²) < 4.78 is 11.4. The number of hydrogen-bond donors (Lipinski definition) is 1. The lowest BCUT2D eigenvalue weighted by atomic mass is 9.85. The summed E-state index contributed by atoms with van der Waals surface area (Å²) in [5.74, 6) is 1.71. The van der Waals surface area contributed by atoms with Crippen molar-refractivity contribution in [2.75, 3.05) is 13.7 Å². The van der Waals surface area contributed by atoms with Crippen molar-refractivity contribution in [3.8, 4) is 5.75 Å². The van der Waals surface area contributed by atoms with E-state index >= 15 is 0 Å². The van der Waals surface area contributed by atoms with Crippen LogP contribution in [0.3, 0.4) is 0 Å². The van der Waals surface area contributed by atoms with Crippen LogP contribution in [0.2, 0.25) is 0 Å². The second-order valence-electron chi connectivity index (χ2n) is 5.82. The molecule has 0 aromatic heterocycles. The van der Waals surface area contributed by atoms with E-state index in [2.05, 4.69) is 31.3 Å². The van der Waals surface area contributed by atoms with Gasteiger partial charge in [0, 0.05) is 13.2 Å². The zero-order chi connectivity index (χ0) is 14.4. The summed E-state index contributed by atoms with van der Waals surface area (Å²) in [6.45, 7) is 6.12. The highest BCUT2D eigenvalue weighted by Gasteiger charge is 2.29. The molecule has 1 fully saturated rings. The molecule has 1 N–H and O–H groups in total. The Morgan fingerprint density at radius 3 is 2.90 bits per heavy atom. The minimum Gasteiger partial charge on any atom is -0.489 e. The molecule has 0 spiro atoms. The fourth-order valence-electron chi connectivity index (χ4n) is 3.00. The summed E-state index contributed by atoms with van der Waals surface area (Å²) in [5.41, 5.74) is 1.16. The van der Waals surface area contributed by atoms with Crippen LogP contribution in [-0.2, 0) is 11.3 Å². The molecule has 0 bridgehead atoms. The van der Waals surface area contributed by atoms with Gasteiger partial charge in [-0.15, -0.1) is 0 Å². The SMILES string of the molecule is CCNC1CCC(C)CC1Oc1cccc(COC)c1. The Morgan fingerprint density at radius 2 is 2.15 bits per heavy atom. The molecule has 1 saturated carbocycles. The molecule has 20 heavy (non-hydrogen) atoms. The molecule has 1 aliphatic rings. The highest BCUT2D eigenvalue weighted by molar-refractivity contribution is 5.28. The monoisotopic (exact) mass is 277 g/mol. The highest BCUT2D eigenvalue weighted by atomic mass is 16.5. The van der Waals surface area contributed by atoms with Gasteiger partial charge in [0.15, 0.2) is 0 Å². The molecular formula is C17H27NO2. The van der Waals surface area contributed by atoms with Gasteiger partial charge in [-0.25, -0.2) is 0 Å². The van der Waals surface area contributed by atoms with Crippen LogP contribution in [0.25, 0.3) is 0 Å². The summed E-state index contributed by atoms with van der Waals surface area (Å²) in [6.07, 6.45) is 3.90. The first kappa shape index (κ1) is 15.3. The van der Waals surface area contributed by atoms with Gasteiger partial charge < -0.3 is 14.8 Å². The molecule has 3 atom stereocenters. The summed E-state index contributed by atoms with van der Waals surface area (Å²) in [4.78, 5) is 0. The lowest BCUT2D eigenvalue weighted by Crippen LogP contribution is -2.46. The van der Waals surface area contributed by atoms with Crippen LogP contribution in [0.1, 0.15) is 38.7 Å². The van der Waals surface area contributed by atoms with Crippen molar-refractivity contribution in [3.05, 3.63) is 29.8 Å². The Labute approximate surface area is 122 Å². The third-order valence-corrected chi connectivity index (χ3v) is 4.02. The smallest absolute Gasteiger partial charge is 0.120 e. The van der Waals surface area contributed by atoms with Gasteiger partial charge in [-0.05, 0) is 49.4 Å². The van der Waals surface area contributed by atoms with E-state index in [0.717, 1.165) is 30.2 Å². The van der Waals surface area contributed by atoms with E-state index in [1.807, 2.05) is 12.1 Å². The second kappa shape index (κ2) is 7.65. The van der Waals surface area contributed by atoms with Crippen molar-refractivity contribution in [1.29, 1.82) is 0 Å². The van der Waals surface area contributed by atoms with Crippen LogP contribution >= 0.6 is 0 Å². The topological polar surface area (TPSA) is 30.5 Å². The van der Waals surface area contributed by atoms with Crippen LogP contribution in [0.4, 0.5) is 0 Å². The van der Waals surface area contributed by atoms with Crippen LogP contribution in [0.5, 0.6) is 5.75 Å². The van der Waals surface area contributed by atoms with Crippen LogP contribution in [-0.4, -0.2) is 25.8 Å². The summed E-state index contributed by atoms with van der Waals surface area (Å²) in [7, 11) is 1.72. The first-order valence-corrected chi connectivity index (χ1v) is 7.70. The van der Waals surface area contributed by atoms with Crippen LogP contribution < -0.4 is 10.1 Å². The third-order valence-electron chi connectivity index (χ3n) is 4.02. The van der Waals surface area contributed by atoms with Gasteiger partial charge in [-0.1, -0.05) is 26.0 Å². The minimum atomic E-state index is 0.275. The van der Waals surface area contributed by atoms with Gasteiger partial charge in [0.2, 0.25) is 0 Å². The zero-order valence-electron chi connectivity index (χ0n) is 12.9. The van der Waals surface area contributed by atoms with E-state index in [9.17, 15) is 0 Å². The Hall–Kier alpha value is -1.06. The minimum absolute atomic E-state index is 0.275. The number of benzene rings is 1. The largest absolute Gasteiger partial charge is 0.489 e. The Morgan fingerprint density at radius 1 is 1.30 bits per heavy atom. The number of hydrogen-bond acceptors (Lipinski definition) is 3. The number of ether oxygens (including phenoxy) is 2. The first-order valence-electron chi connectivity index (χ1n) is 7.70. The van der Waals surface area contributed by atoms with E-state index in [0.29, 0.717) is 12.6 Å². The van der Waals surface area contributed by atoms with Gasteiger partial charge in [0.05, 0.1) is 6.61 Å². The fourth-order valence-corrected chi connectivity index (χ4v) is 3.00. The lowest BCUT2D eigenvalue weighted by Gasteiger charge is -2.35. The first-order chi connectivity index (χ1) is 9.72. The van der Waals surface area contributed by atoms with E-state index in [-0.39, 0.29) is 6.10 Å². The highest BCUT2D eigenvalue weighted by Crippen LogP contribution is 2.28. The number of methoxy groups -OCH3 is 1. The standard InChI is InChI=1S/C17H27NO2/c1-4-18-16-9-8-13(2)10-17(16)20-15-7-5-6-14(11-15)12-19-3/h5-7,11,13,16-18H,4,8-10,12H2,1-3H3. The average molecular weight is 277 g/mol. The second-order valence-corrected chi connectivity index (χ2v) is 5.82. The molecule has 112 valence electrons. The molecule has 0 radical (unpaired) electrons. The maximum Gasteiger partial charge on any atom is 0.120 e. The maximum atomic E-state index is 6.26. The van der Waals surface area contributed by atoms with Crippen molar-refractivity contribution in [2.24, 2.45) is 5.92 Å². The summed E-state index contributed by atoms with van der Waals surface area (Å²) in [6, 6.07) is 8.72. The van der Waals surface area contributed by atoms with Crippen LogP contribution in [0, 0.1) is 5.92 Å². The molecule has 3 nitrogen and oxygen atoms in total. The Balaban J connectivity index is 2.03. The maximum absolute atomic E-state index is 6.26. The van der Waals surface area contributed by atoms with Crippen molar-refractivity contribution < 1.29 is 9.47 Å². The summed E-state index contributed by atoms with van der Waals surface area (Å²) in [5, 5.41) is 3.57. The van der Waals surface area contributed by atoms with Gasteiger partial charge in [0.1, 0.15) is 11.9 Å². The van der Waals surface area contributed by atoms with Gasteiger partial charge >= 0.3 is 0 Å². The normalized spacial score (nSPS) is 26.4.